The molecule has 1 atom stereocenters. The van der Waals surface area contributed by atoms with Crippen LogP contribution >= 0.6 is 0 Å². The summed E-state index contributed by atoms with van der Waals surface area (Å²) in [6, 6.07) is 2.65. The normalized spacial score (nSPS) is 18.0. The number of benzene rings is 1. The van der Waals surface area contributed by atoms with Crippen LogP contribution in [0.4, 0.5) is 13.6 Å². The van der Waals surface area contributed by atoms with E-state index in [-0.39, 0.29) is 5.92 Å². The summed E-state index contributed by atoms with van der Waals surface area (Å²) < 4.78 is 26.2. The molecule has 120 valence electrons. The largest absolute Gasteiger partial charge is 0.351 e. The number of amides is 3. The molecule has 1 saturated heterocycles. The first-order chi connectivity index (χ1) is 10.4. The minimum Gasteiger partial charge on any atom is -0.351 e. The standard InChI is InChI=1S/C15H19F2N3O2/c1-9(14(21)19-15(18)22)20-6-4-10(5-7-20)11-2-3-12(16)13(17)8-11/h2-3,8-10H,4-7H2,1H3,(H3,18,19,21,22)/t9-/m0/s1. The molecule has 1 aromatic rings. The van der Waals surface area contributed by atoms with Crippen molar-refractivity contribution in [1.82, 2.24) is 10.2 Å². The van der Waals surface area contributed by atoms with E-state index in [0.29, 0.717) is 13.1 Å². The lowest BCUT2D eigenvalue weighted by atomic mass is 9.89. The summed E-state index contributed by atoms with van der Waals surface area (Å²) in [7, 11) is 0. The van der Waals surface area contributed by atoms with Crippen LogP contribution in [0.5, 0.6) is 0 Å². The van der Waals surface area contributed by atoms with Crippen molar-refractivity contribution < 1.29 is 18.4 Å². The van der Waals surface area contributed by atoms with Gasteiger partial charge in [0.15, 0.2) is 11.6 Å². The minimum atomic E-state index is -0.867. The maximum Gasteiger partial charge on any atom is 0.318 e. The predicted octanol–water partition coefficient (Wildman–Crippen LogP) is 1.73. The molecule has 5 nitrogen and oxygen atoms in total. The molecule has 0 spiro atoms. The van der Waals surface area contributed by atoms with Crippen molar-refractivity contribution in [2.45, 2.75) is 31.7 Å². The molecule has 0 aliphatic carbocycles. The third kappa shape index (κ3) is 3.79. The fourth-order valence-electron chi connectivity index (χ4n) is 2.78. The van der Waals surface area contributed by atoms with Crippen LogP contribution in [0.3, 0.4) is 0 Å². The second-order valence-electron chi connectivity index (χ2n) is 5.51. The quantitative estimate of drug-likeness (QED) is 0.892. The Bertz CT molecular complexity index is 572. The Labute approximate surface area is 127 Å². The maximum atomic E-state index is 13.3. The van der Waals surface area contributed by atoms with Crippen LogP contribution in [0, 0.1) is 11.6 Å². The topological polar surface area (TPSA) is 75.4 Å². The van der Waals surface area contributed by atoms with Gasteiger partial charge in [-0.05, 0) is 56.5 Å². The van der Waals surface area contributed by atoms with E-state index in [4.69, 9.17) is 5.73 Å². The average Bonchev–Trinajstić information content (AvgIpc) is 2.49. The lowest BCUT2D eigenvalue weighted by Gasteiger charge is -2.35. The van der Waals surface area contributed by atoms with Crippen LogP contribution < -0.4 is 11.1 Å². The number of carbonyl (C=O) groups is 2. The molecule has 0 aromatic heterocycles. The molecule has 3 N–H and O–H groups in total. The maximum absolute atomic E-state index is 13.3. The fraction of sp³-hybridized carbons (Fsp3) is 0.467. The minimum absolute atomic E-state index is 0.137. The third-order valence-electron chi connectivity index (χ3n) is 4.12. The van der Waals surface area contributed by atoms with Crippen LogP contribution in [0.15, 0.2) is 18.2 Å². The first-order valence-corrected chi connectivity index (χ1v) is 7.17. The third-order valence-corrected chi connectivity index (χ3v) is 4.12. The zero-order valence-electron chi connectivity index (χ0n) is 12.3. The number of hydrogen-bond donors (Lipinski definition) is 2. The number of nitrogens with two attached hydrogens (primary N) is 1. The number of primary amides is 1. The molecular formula is C15H19F2N3O2. The summed E-state index contributed by atoms with van der Waals surface area (Å²) in [5.41, 5.74) is 5.70. The summed E-state index contributed by atoms with van der Waals surface area (Å²) in [4.78, 5) is 24.4. The van der Waals surface area contributed by atoms with Crippen molar-refractivity contribution >= 4 is 11.9 Å². The van der Waals surface area contributed by atoms with Gasteiger partial charge < -0.3 is 5.73 Å². The van der Waals surface area contributed by atoms with Gasteiger partial charge in [-0.2, -0.15) is 0 Å². The lowest BCUT2D eigenvalue weighted by Crippen LogP contribution is -2.50. The number of halogens is 2. The van der Waals surface area contributed by atoms with Crippen molar-refractivity contribution in [2.75, 3.05) is 13.1 Å². The lowest BCUT2D eigenvalue weighted by molar-refractivity contribution is -0.125. The molecule has 0 bridgehead atoms. The van der Waals surface area contributed by atoms with Gasteiger partial charge in [0.25, 0.3) is 0 Å². The van der Waals surface area contributed by atoms with Crippen LogP contribution in [-0.4, -0.2) is 36.0 Å². The molecule has 1 aromatic carbocycles. The van der Waals surface area contributed by atoms with Gasteiger partial charge in [0.1, 0.15) is 0 Å². The van der Waals surface area contributed by atoms with Crippen molar-refractivity contribution in [2.24, 2.45) is 5.73 Å². The SMILES string of the molecule is C[C@@H](C(=O)NC(N)=O)N1CCC(c2ccc(F)c(F)c2)CC1. The number of hydrogen-bond acceptors (Lipinski definition) is 3. The molecule has 7 heteroatoms. The Balaban J connectivity index is 1.93. The summed E-state index contributed by atoms with van der Waals surface area (Å²) in [5, 5.41) is 2.06. The fourth-order valence-corrected chi connectivity index (χ4v) is 2.78. The number of carbonyl (C=O) groups excluding carboxylic acids is 2. The first-order valence-electron chi connectivity index (χ1n) is 7.17. The molecule has 1 fully saturated rings. The van der Waals surface area contributed by atoms with E-state index in [9.17, 15) is 18.4 Å². The van der Waals surface area contributed by atoms with Gasteiger partial charge in [-0.15, -0.1) is 0 Å². The molecule has 0 saturated carbocycles. The van der Waals surface area contributed by atoms with Gasteiger partial charge in [-0.1, -0.05) is 6.07 Å². The summed E-state index contributed by atoms with van der Waals surface area (Å²) in [5.74, 6) is -1.98. The van der Waals surface area contributed by atoms with E-state index >= 15 is 0 Å². The molecule has 3 amide bonds. The van der Waals surface area contributed by atoms with E-state index in [1.807, 2.05) is 4.90 Å². The van der Waals surface area contributed by atoms with E-state index in [1.54, 1.807) is 13.0 Å². The first kappa shape index (κ1) is 16.4. The number of nitrogens with one attached hydrogen (secondary N) is 1. The number of rotatable bonds is 3. The van der Waals surface area contributed by atoms with Gasteiger partial charge >= 0.3 is 6.03 Å². The number of imide groups is 1. The molecule has 2 rings (SSSR count). The van der Waals surface area contributed by atoms with E-state index < -0.39 is 29.6 Å². The zero-order chi connectivity index (χ0) is 16.3. The molecule has 0 unspecified atom stereocenters. The molecule has 1 heterocycles. The van der Waals surface area contributed by atoms with E-state index in [1.165, 1.54) is 6.07 Å². The van der Waals surface area contributed by atoms with E-state index in [0.717, 1.165) is 24.5 Å². The Morgan fingerprint density at radius 1 is 1.27 bits per heavy atom. The summed E-state index contributed by atoms with van der Waals surface area (Å²) >= 11 is 0. The summed E-state index contributed by atoms with van der Waals surface area (Å²) in [6.07, 6.45) is 1.47. The van der Waals surface area contributed by atoms with E-state index in [2.05, 4.69) is 5.32 Å². The highest BCUT2D eigenvalue weighted by Gasteiger charge is 2.28. The van der Waals surface area contributed by atoms with Crippen molar-refractivity contribution in [3.8, 4) is 0 Å². The number of urea groups is 1. The second-order valence-corrected chi connectivity index (χ2v) is 5.51. The number of nitrogens with zero attached hydrogens (tertiary/aromatic N) is 1. The van der Waals surface area contributed by atoms with Crippen molar-refractivity contribution in [3.63, 3.8) is 0 Å². The van der Waals surface area contributed by atoms with Gasteiger partial charge in [0.2, 0.25) is 5.91 Å². The van der Waals surface area contributed by atoms with Crippen LogP contribution in [0.25, 0.3) is 0 Å². The number of piperidine rings is 1. The Morgan fingerprint density at radius 3 is 2.45 bits per heavy atom. The predicted molar refractivity (Wildman–Crippen MR) is 77.1 cm³/mol. The molecule has 1 aliphatic heterocycles. The van der Waals surface area contributed by atoms with Crippen molar-refractivity contribution in [3.05, 3.63) is 35.4 Å². The Kier molecular flexibility index (Phi) is 5.07. The zero-order valence-corrected chi connectivity index (χ0v) is 12.3. The van der Waals surface area contributed by atoms with Crippen LogP contribution in [-0.2, 0) is 4.79 Å². The second kappa shape index (κ2) is 6.83. The Hall–Kier alpha value is -2.02. The average molecular weight is 311 g/mol. The van der Waals surface area contributed by atoms with Gasteiger partial charge in [0, 0.05) is 0 Å². The highest BCUT2D eigenvalue weighted by molar-refractivity contribution is 5.96. The summed E-state index contributed by atoms with van der Waals surface area (Å²) in [6.45, 7) is 2.98. The molecule has 1 aliphatic rings. The molecule has 0 radical (unpaired) electrons. The highest BCUT2D eigenvalue weighted by Crippen LogP contribution is 2.29. The Morgan fingerprint density at radius 2 is 1.91 bits per heavy atom. The monoisotopic (exact) mass is 311 g/mol. The number of likely N-dealkylation sites (tertiary alicyclic amines) is 1. The highest BCUT2D eigenvalue weighted by atomic mass is 19.2. The van der Waals surface area contributed by atoms with Gasteiger partial charge in [0.05, 0.1) is 6.04 Å². The van der Waals surface area contributed by atoms with Crippen LogP contribution in [0.1, 0.15) is 31.2 Å². The van der Waals surface area contributed by atoms with Crippen LogP contribution in [0.2, 0.25) is 0 Å². The molecular weight excluding hydrogens is 292 g/mol. The molecule has 22 heavy (non-hydrogen) atoms. The van der Waals surface area contributed by atoms with Gasteiger partial charge in [-0.3, -0.25) is 15.0 Å². The van der Waals surface area contributed by atoms with Crippen molar-refractivity contribution in [1.29, 1.82) is 0 Å². The van der Waals surface area contributed by atoms with Gasteiger partial charge in [-0.25, -0.2) is 13.6 Å². The smallest absolute Gasteiger partial charge is 0.318 e.